The normalized spacial score (nSPS) is 13.1. The van der Waals surface area contributed by atoms with Crippen LogP contribution in [0.5, 0.6) is 0 Å². The van der Waals surface area contributed by atoms with E-state index >= 15 is 0 Å². The maximum Gasteiger partial charge on any atom is 0.211 e. The van der Waals surface area contributed by atoms with E-state index in [9.17, 15) is 0 Å². The average molecular weight is 744 g/mol. The zero-order valence-corrected chi connectivity index (χ0v) is 33.6. The molecular formula is C50H40BN2S2. The van der Waals surface area contributed by atoms with E-state index < -0.39 is 0 Å². The highest BCUT2D eigenvalue weighted by atomic mass is 32.1. The molecule has 10 aromatic rings. The van der Waals surface area contributed by atoms with Crippen molar-refractivity contribution in [2.45, 2.75) is 52.4 Å². The minimum atomic E-state index is 0.0487. The molecule has 1 aliphatic heterocycles. The lowest BCUT2D eigenvalue weighted by Crippen LogP contribution is -2.35. The highest BCUT2D eigenvalue weighted by Gasteiger charge is 2.31. The van der Waals surface area contributed by atoms with Gasteiger partial charge in [-0.1, -0.05) is 120 Å². The number of hydrogen-bond donors (Lipinski definition) is 1. The molecular weight excluding hydrogens is 704 g/mol. The lowest BCUT2D eigenvalue weighted by Gasteiger charge is -2.24. The van der Waals surface area contributed by atoms with Crippen molar-refractivity contribution in [2.24, 2.45) is 0 Å². The Hall–Kier alpha value is -5.36. The van der Waals surface area contributed by atoms with E-state index in [-0.39, 0.29) is 10.8 Å². The van der Waals surface area contributed by atoms with E-state index in [4.69, 9.17) is 0 Å². The highest BCUT2D eigenvalue weighted by Crippen LogP contribution is 2.45. The summed E-state index contributed by atoms with van der Waals surface area (Å²) in [6.07, 6.45) is 0. The fourth-order valence-electron chi connectivity index (χ4n) is 8.85. The first-order valence-corrected chi connectivity index (χ1v) is 20.9. The van der Waals surface area contributed by atoms with Crippen molar-refractivity contribution in [3.05, 3.63) is 139 Å². The summed E-state index contributed by atoms with van der Waals surface area (Å²) < 4.78 is 7.93. The zero-order chi connectivity index (χ0) is 37.4. The molecule has 0 saturated heterocycles. The van der Waals surface area contributed by atoms with Gasteiger partial charge in [0.25, 0.3) is 0 Å². The minimum Gasteiger partial charge on any atom is -0.355 e. The summed E-state index contributed by atoms with van der Waals surface area (Å²) in [5.74, 6) is 0. The molecule has 1 aliphatic rings. The predicted octanol–water partition coefficient (Wildman–Crippen LogP) is 13.5. The third kappa shape index (κ3) is 4.99. The molecule has 0 spiro atoms. The Kier molecular flexibility index (Phi) is 6.95. The van der Waals surface area contributed by atoms with Gasteiger partial charge in [0.1, 0.15) is 0 Å². The van der Waals surface area contributed by atoms with Crippen molar-refractivity contribution in [3.8, 4) is 16.8 Å². The molecule has 2 nitrogen and oxygen atoms in total. The number of nitrogens with zero attached hydrogens (tertiary/aromatic N) is 1. The first-order valence-electron chi connectivity index (χ1n) is 19.3. The topological polar surface area (TPSA) is 17.0 Å². The molecule has 0 bridgehead atoms. The summed E-state index contributed by atoms with van der Waals surface area (Å²) in [5, 5.41) is 13.0. The van der Waals surface area contributed by atoms with Crippen molar-refractivity contribution < 1.29 is 0 Å². The molecule has 3 aromatic heterocycles. The fraction of sp³-hybridized carbons (Fsp3) is 0.160. The van der Waals surface area contributed by atoms with Gasteiger partial charge in [-0.05, 0) is 97.1 Å². The van der Waals surface area contributed by atoms with Crippen LogP contribution in [0.25, 0.3) is 79.7 Å². The lowest BCUT2D eigenvalue weighted by molar-refractivity contribution is 0.590. The number of hydrogen-bond acceptors (Lipinski definition) is 3. The van der Waals surface area contributed by atoms with Gasteiger partial charge in [-0.25, -0.2) is 0 Å². The van der Waals surface area contributed by atoms with Crippen LogP contribution in [0.2, 0.25) is 0 Å². The lowest BCUT2D eigenvalue weighted by atomic mass is 9.63. The van der Waals surface area contributed by atoms with Crippen LogP contribution in [0.1, 0.15) is 52.7 Å². The van der Waals surface area contributed by atoms with Gasteiger partial charge in [0.2, 0.25) is 7.28 Å². The van der Waals surface area contributed by atoms with E-state index in [0.717, 1.165) is 11.4 Å². The molecule has 0 unspecified atom stereocenters. The molecule has 11 rings (SSSR count). The number of benzene rings is 7. The van der Waals surface area contributed by atoms with Crippen molar-refractivity contribution in [1.82, 2.24) is 4.57 Å². The molecule has 4 heterocycles. The maximum atomic E-state index is 3.88. The molecule has 55 heavy (non-hydrogen) atoms. The fourth-order valence-corrected chi connectivity index (χ4v) is 11.1. The largest absolute Gasteiger partial charge is 0.355 e. The molecule has 7 aromatic carbocycles. The molecule has 0 amide bonds. The summed E-state index contributed by atoms with van der Waals surface area (Å²) in [5.41, 5.74) is 12.7. The van der Waals surface area contributed by atoms with E-state index in [1.54, 1.807) is 0 Å². The Balaban J connectivity index is 1.22. The molecule has 0 aliphatic carbocycles. The number of anilines is 2. The third-order valence-corrected chi connectivity index (χ3v) is 14.0. The van der Waals surface area contributed by atoms with Gasteiger partial charge in [0.15, 0.2) is 0 Å². The van der Waals surface area contributed by atoms with E-state index in [2.05, 4.69) is 186 Å². The van der Waals surface area contributed by atoms with E-state index in [1.165, 1.54) is 101 Å². The summed E-state index contributed by atoms with van der Waals surface area (Å²) >= 11 is 3.81. The van der Waals surface area contributed by atoms with Crippen LogP contribution >= 0.6 is 22.7 Å². The zero-order valence-electron chi connectivity index (χ0n) is 32.0. The Morgan fingerprint density at radius 3 is 2.07 bits per heavy atom. The summed E-state index contributed by atoms with van der Waals surface area (Å²) in [7, 11) is 2.49. The summed E-state index contributed by atoms with van der Waals surface area (Å²) in [4.78, 5) is 0. The van der Waals surface area contributed by atoms with Gasteiger partial charge in [0.05, 0.1) is 11.2 Å². The van der Waals surface area contributed by atoms with Crippen LogP contribution in [0.4, 0.5) is 11.4 Å². The number of rotatable bonds is 3. The molecule has 0 atom stereocenters. The van der Waals surface area contributed by atoms with Crippen molar-refractivity contribution >= 4 is 114 Å². The summed E-state index contributed by atoms with van der Waals surface area (Å²) in [6, 6.07) is 48.0. The minimum absolute atomic E-state index is 0.0487. The smallest absolute Gasteiger partial charge is 0.211 e. The van der Waals surface area contributed by atoms with E-state index in [1.807, 2.05) is 22.7 Å². The SMILES string of the molecule is CC(C)(C)c1ccc(Nc2ccc3ccccc3c2-c2ccc3c4cc5sc6ccccc6c5cc4n4c3c2[B]c2sc3ccc(C(C)(C)C)cc3c2-4)cc1. The predicted molar refractivity (Wildman–Crippen MR) is 244 cm³/mol. The molecule has 265 valence electrons. The Labute approximate surface area is 330 Å². The number of thiophene rings is 2. The van der Waals surface area contributed by atoms with Crippen molar-refractivity contribution in [2.75, 3.05) is 5.32 Å². The Bertz CT molecular complexity index is 3220. The number of nitrogens with one attached hydrogen (secondary N) is 1. The van der Waals surface area contributed by atoms with Gasteiger partial charge >= 0.3 is 0 Å². The standard InChI is InChI=1S/C50H40BN2S2/c1-49(2,3)29-16-19-31(20-17-29)52-39-23-15-28-11-7-8-12-32(28)44(39)35-22-21-34-36-27-43-37(33-13-9-10-14-41(33)54-43)26-40(36)53-46(34)45(35)51-48-47(53)38-25-30(50(4,5)6)18-24-42(38)55-48/h7-27,52H,1-6H3. The highest BCUT2D eigenvalue weighted by molar-refractivity contribution is 7.29. The monoisotopic (exact) mass is 743 g/mol. The van der Waals surface area contributed by atoms with E-state index in [0.29, 0.717) is 0 Å². The van der Waals surface area contributed by atoms with Crippen LogP contribution in [0.3, 0.4) is 0 Å². The molecule has 1 radical (unpaired) electrons. The van der Waals surface area contributed by atoms with Crippen molar-refractivity contribution in [1.29, 1.82) is 0 Å². The third-order valence-electron chi connectivity index (χ3n) is 11.7. The van der Waals surface area contributed by atoms with Gasteiger partial charge in [-0.2, -0.15) is 0 Å². The molecule has 0 fully saturated rings. The second kappa shape index (κ2) is 11.6. The van der Waals surface area contributed by atoms with Crippen LogP contribution in [-0.4, -0.2) is 11.8 Å². The number of fused-ring (bicyclic) bond motifs is 11. The van der Waals surface area contributed by atoms with Crippen LogP contribution in [0, 0.1) is 0 Å². The number of aromatic nitrogens is 1. The Morgan fingerprint density at radius 1 is 0.545 bits per heavy atom. The average Bonchev–Trinajstić information content (AvgIpc) is 3.83. The quantitative estimate of drug-likeness (QED) is 0.178. The molecule has 1 N–H and O–H groups in total. The second-order valence-corrected chi connectivity index (χ2v) is 19.5. The Morgan fingerprint density at radius 2 is 1.27 bits per heavy atom. The van der Waals surface area contributed by atoms with Crippen LogP contribution in [0.15, 0.2) is 127 Å². The van der Waals surface area contributed by atoms with Gasteiger partial charge < -0.3 is 9.88 Å². The van der Waals surface area contributed by atoms with Gasteiger partial charge in [0, 0.05) is 63.5 Å². The molecule has 5 heteroatoms. The maximum absolute atomic E-state index is 3.88. The summed E-state index contributed by atoms with van der Waals surface area (Å²) in [6.45, 7) is 13.8. The first-order chi connectivity index (χ1) is 26.5. The van der Waals surface area contributed by atoms with Crippen molar-refractivity contribution in [3.63, 3.8) is 0 Å². The first kappa shape index (κ1) is 33.0. The molecule has 0 saturated carbocycles. The second-order valence-electron chi connectivity index (χ2n) is 17.3. The van der Waals surface area contributed by atoms with Crippen LogP contribution in [-0.2, 0) is 10.8 Å². The van der Waals surface area contributed by atoms with Gasteiger partial charge in [-0.3, -0.25) is 0 Å². The van der Waals surface area contributed by atoms with Gasteiger partial charge in [-0.15, -0.1) is 22.7 Å². The van der Waals surface area contributed by atoms with Crippen LogP contribution < -0.4 is 15.6 Å².